The molecule has 1 amide bonds. The monoisotopic (exact) mass is 340 g/mol. The van der Waals surface area contributed by atoms with Crippen LogP contribution in [0.2, 0.25) is 0 Å². The van der Waals surface area contributed by atoms with Gasteiger partial charge in [-0.15, -0.1) is 0 Å². The van der Waals surface area contributed by atoms with Crippen molar-refractivity contribution in [2.75, 3.05) is 13.1 Å². The number of rotatable bonds is 4. The van der Waals surface area contributed by atoms with Crippen LogP contribution in [0.1, 0.15) is 35.7 Å². The number of likely N-dealkylation sites (tertiary alicyclic amines) is 1. The summed E-state index contributed by atoms with van der Waals surface area (Å²) in [7, 11) is 0. The number of para-hydroxylation sites is 1. The number of β-amino-alcohol motifs (C(OH)–C–C–N with tert-alkyl or cyclic N) is 1. The Hall–Kier alpha value is -2.78. The molecule has 1 aliphatic heterocycles. The largest absolute Gasteiger partial charge is 0.484 e. The number of amides is 1. The summed E-state index contributed by atoms with van der Waals surface area (Å²) in [6.45, 7) is 4.76. The maximum absolute atomic E-state index is 12.5. The summed E-state index contributed by atoms with van der Waals surface area (Å²) in [6, 6.07) is 12.3. The number of furan rings is 1. The fourth-order valence-corrected chi connectivity index (χ4v) is 2.83. The first-order chi connectivity index (χ1) is 11.9. The van der Waals surface area contributed by atoms with Crippen molar-refractivity contribution >= 4 is 5.91 Å². The van der Waals surface area contributed by atoms with Gasteiger partial charge in [0.2, 0.25) is 0 Å². The highest BCUT2D eigenvalue weighted by molar-refractivity contribution is 5.91. The molecule has 0 unspecified atom stereocenters. The zero-order valence-electron chi connectivity index (χ0n) is 14.2. The van der Waals surface area contributed by atoms with Crippen molar-refractivity contribution in [3.8, 4) is 11.8 Å². The zero-order chi connectivity index (χ0) is 18.0. The summed E-state index contributed by atoms with van der Waals surface area (Å²) >= 11 is 0. The Morgan fingerprint density at radius 3 is 2.84 bits per heavy atom. The van der Waals surface area contributed by atoms with Crippen molar-refractivity contribution < 1.29 is 19.1 Å². The first-order valence-electron chi connectivity index (χ1n) is 8.09. The number of hydrogen-bond acceptors (Lipinski definition) is 5. The van der Waals surface area contributed by atoms with Gasteiger partial charge in [0.1, 0.15) is 24.2 Å². The Labute approximate surface area is 146 Å². The summed E-state index contributed by atoms with van der Waals surface area (Å²) in [5, 5.41) is 19.1. The van der Waals surface area contributed by atoms with Crippen LogP contribution in [0.5, 0.6) is 5.75 Å². The van der Waals surface area contributed by atoms with Crippen LogP contribution in [0.3, 0.4) is 0 Å². The molecule has 6 nitrogen and oxygen atoms in total. The molecule has 25 heavy (non-hydrogen) atoms. The fraction of sp³-hybridized carbons (Fsp3) is 0.368. The van der Waals surface area contributed by atoms with Crippen LogP contribution in [-0.4, -0.2) is 35.1 Å². The van der Waals surface area contributed by atoms with Crippen LogP contribution in [0, 0.1) is 16.7 Å². The lowest BCUT2D eigenvalue weighted by atomic mass is 9.90. The van der Waals surface area contributed by atoms with Crippen LogP contribution >= 0.6 is 0 Å². The lowest BCUT2D eigenvalue weighted by molar-refractivity contribution is 0.0728. The molecule has 3 rings (SSSR count). The molecule has 1 aliphatic rings. The van der Waals surface area contributed by atoms with E-state index in [0.29, 0.717) is 30.2 Å². The highest BCUT2D eigenvalue weighted by atomic mass is 16.5. The van der Waals surface area contributed by atoms with E-state index in [1.54, 1.807) is 41.3 Å². The van der Waals surface area contributed by atoms with Gasteiger partial charge >= 0.3 is 0 Å². The zero-order valence-corrected chi connectivity index (χ0v) is 14.2. The quantitative estimate of drug-likeness (QED) is 0.924. The summed E-state index contributed by atoms with van der Waals surface area (Å²) < 4.78 is 11.2. The van der Waals surface area contributed by atoms with Gasteiger partial charge in [-0.3, -0.25) is 4.79 Å². The summed E-state index contributed by atoms with van der Waals surface area (Å²) in [6.07, 6.45) is -0.545. The number of nitriles is 1. The molecule has 6 heteroatoms. The van der Waals surface area contributed by atoms with E-state index >= 15 is 0 Å². The van der Waals surface area contributed by atoms with Gasteiger partial charge in [-0.05, 0) is 24.3 Å². The molecule has 1 aromatic carbocycles. The maximum Gasteiger partial charge on any atom is 0.289 e. The van der Waals surface area contributed by atoms with Gasteiger partial charge in [-0.25, -0.2) is 0 Å². The van der Waals surface area contributed by atoms with Crippen LogP contribution in [0.4, 0.5) is 0 Å². The minimum Gasteiger partial charge on any atom is -0.484 e. The third kappa shape index (κ3) is 3.52. The Bertz CT molecular complexity index is 819. The summed E-state index contributed by atoms with van der Waals surface area (Å²) in [5.41, 5.74) is 0.119. The Kier molecular flexibility index (Phi) is 4.51. The van der Waals surface area contributed by atoms with Crippen molar-refractivity contribution in [1.29, 1.82) is 5.26 Å². The molecule has 1 N–H and O–H groups in total. The highest BCUT2D eigenvalue weighted by Gasteiger charge is 2.41. The van der Waals surface area contributed by atoms with Crippen molar-refractivity contribution in [3.05, 3.63) is 53.5 Å². The second-order valence-corrected chi connectivity index (χ2v) is 6.85. The van der Waals surface area contributed by atoms with Crippen LogP contribution in [-0.2, 0) is 6.61 Å². The molecule has 0 bridgehead atoms. The van der Waals surface area contributed by atoms with Crippen molar-refractivity contribution in [3.63, 3.8) is 0 Å². The molecule has 130 valence electrons. The number of ether oxygens (including phenoxy) is 1. The third-order valence-electron chi connectivity index (χ3n) is 4.43. The topological polar surface area (TPSA) is 86.7 Å². The lowest BCUT2D eigenvalue weighted by Crippen LogP contribution is -2.29. The highest BCUT2D eigenvalue weighted by Crippen LogP contribution is 2.30. The standard InChI is InChI=1S/C19H20N2O4/c1-19(2)12-21(10-17(19)22)18(23)16-8-7-14(25-16)11-24-15-6-4-3-5-13(15)9-20/h3-8,17,22H,10-12H2,1-2H3/t17-/m1/s1. The molecule has 1 aromatic heterocycles. The summed E-state index contributed by atoms with van der Waals surface area (Å²) in [4.78, 5) is 14.1. The minimum absolute atomic E-state index is 0.125. The molecule has 0 radical (unpaired) electrons. The van der Waals surface area contributed by atoms with Gasteiger partial charge in [-0.2, -0.15) is 5.26 Å². The minimum atomic E-state index is -0.545. The van der Waals surface area contributed by atoms with E-state index in [4.69, 9.17) is 14.4 Å². The Morgan fingerprint density at radius 2 is 2.16 bits per heavy atom. The molecule has 1 saturated heterocycles. The number of aliphatic hydroxyl groups excluding tert-OH is 1. The van der Waals surface area contributed by atoms with E-state index in [1.165, 1.54) is 0 Å². The van der Waals surface area contributed by atoms with Crippen LogP contribution < -0.4 is 4.74 Å². The van der Waals surface area contributed by atoms with Gasteiger partial charge in [0.25, 0.3) is 5.91 Å². The molecule has 2 heterocycles. The van der Waals surface area contributed by atoms with E-state index in [-0.39, 0.29) is 23.7 Å². The molecular weight excluding hydrogens is 320 g/mol. The summed E-state index contributed by atoms with van der Waals surface area (Å²) in [5.74, 6) is 0.944. The van der Waals surface area contributed by atoms with E-state index in [9.17, 15) is 9.90 Å². The van der Waals surface area contributed by atoms with Gasteiger partial charge in [0.05, 0.1) is 11.7 Å². The number of carbonyl (C=O) groups excluding carboxylic acids is 1. The second-order valence-electron chi connectivity index (χ2n) is 6.85. The van der Waals surface area contributed by atoms with E-state index in [0.717, 1.165) is 0 Å². The molecule has 0 spiro atoms. The van der Waals surface area contributed by atoms with Crippen molar-refractivity contribution in [2.45, 2.75) is 26.6 Å². The number of aliphatic hydroxyl groups is 1. The van der Waals surface area contributed by atoms with E-state index < -0.39 is 6.10 Å². The number of hydrogen-bond donors (Lipinski definition) is 1. The predicted molar refractivity (Wildman–Crippen MR) is 89.9 cm³/mol. The lowest BCUT2D eigenvalue weighted by Gasteiger charge is -2.20. The van der Waals surface area contributed by atoms with Gasteiger partial charge < -0.3 is 19.2 Å². The Morgan fingerprint density at radius 1 is 1.40 bits per heavy atom. The Balaban J connectivity index is 1.65. The third-order valence-corrected chi connectivity index (χ3v) is 4.43. The smallest absolute Gasteiger partial charge is 0.289 e. The predicted octanol–water partition coefficient (Wildman–Crippen LogP) is 2.57. The van der Waals surface area contributed by atoms with Crippen LogP contribution in [0.25, 0.3) is 0 Å². The second kappa shape index (κ2) is 6.61. The SMILES string of the molecule is CC1(C)CN(C(=O)c2ccc(COc3ccccc3C#N)o2)C[C@H]1O. The molecule has 1 atom stereocenters. The molecule has 2 aromatic rings. The molecule has 0 saturated carbocycles. The van der Waals surface area contributed by atoms with E-state index in [1.807, 2.05) is 13.8 Å². The molecular formula is C19H20N2O4. The maximum atomic E-state index is 12.5. The van der Waals surface area contributed by atoms with Gasteiger partial charge in [0, 0.05) is 18.5 Å². The average Bonchev–Trinajstić information content (AvgIpc) is 3.17. The fourth-order valence-electron chi connectivity index (χ4n) is 2.83. The van der Waals surface area contributed by atoms with Crippen LogP contribution in [0.15, 0.2) is 40.8 Å². The number of carbonyl (C=O) groups is 1. The number of benzene rings is 1. The van der Waals surface area contributed by atoms with E-state index in [2.05, 4.69) is 6.07 Å². The van der Waals surface area contributed by atoms with Gasteiger partial charge in [-0.1, -0.05) is 26.0 Å². The molecule has 1 fully saturated rings. The molecule has 0 aliphatic carbocycles. The normalized spacial score (nSPS) is 18.8. The first kappa shape index (κ1) is 17.1. The van der Waals surface area contributed by atoms with Gasteiger partial charge in [0.15, 0.2) is 5.76 Å². The average molecular weight is 340 g/mol. The number of nitrogens with zero attached hydrogens (tertiary/aromatic N) is 2. The first-order valence-corrected chi connectivity index (χ1v) is 8.09. The van der Waals surface area contributed by atoms with Crippen molar-refractivity contribution in [2.24, 2.45) is 5.41 Å². The van der Waals surface area contributed by atoms with Crippen molar-refractivity contribution in [1.82, 2.24) is 4.90 Å².